The molecular formula is C21H25ClN2O3S2. The molecule has 0 aromatic heterocycles. The van der Waals surface area contributed by atoms with Gasteiger partial charge in [0.15, 0.2) is 0 Å². The molecule has 1 aliphatic rings. The van der Waals surface area contributed by atoms with E-state index in [2.05, 4.69) is 5.32 Å². The summed E-state index contributed by atoms with van der Waals surface area (Å²) in [5.41, 5.74) is 0.764. The van der Waals surface area contributed by atoms with Crippen LogP contribution in [0.3, 0.4) is 0 Å². The maximum absolute atomic E-state index is 12.8. The Morgan fingerprint density at radius 2 is 1.83 bits per heavy atom. The van der Waals surface area contributed by atoms with Gasteiger partial charge in [-0.2, -0.15) is 4.31 Å². The van der Waals surface area contributed by atoms with Crippen molar-refractivity contribution >= 4 is 39.3 Å². The molecule has 0 bridgehead atoms. The van der Waals surface area contributed by atoms with Crippen molar-refractivity contribution in [1.29, 1.82) is 0 Å². The molecule has 156 valence electrons. The minimum absolute atomic E-state index is 0.103. The second-order valence-electron chi connectivity index (χ2n) is 7.04. The quantitative estimate of drug-likeness (QED) is 0.635. The Bertz CT molecular complexity index is 943. The van der Waals surface area contributed by atoms with Crippen molar-refractivity contribution in [3.8, 4) is 0 Å². The smallest absolute Gasteiger partial charge is 0.243 e. The van der Waals surface area contributed by atoms with E-state index in [0.29, 0.717) is 18.1 Å². The van der Waals surface area contributed by atoms with Gasteiger partial charge in [-0.05, 0) is 61.7 Å². The molecule has 29 heavy (non-hydrogen) atoms. The second kappa shape index (κ2) is 9.98. The van der Waals surface area contributed by atoms with E-state index < -0.39 is 10.0 Å². The highest BCUT2D eigenvalue weighted by atomic mass is 35.5. The molecule has 1 N–H and O–H groups in total. The minimum Gasteiger partial charge on any atom is -0.351 e. The molecule has 0 aliphatic carbocycles. The fourth-order valence-electron chi connectivity index (χ4n) is 3.17. The maximum atomic E-state index is 12.8. The molecule has 1 unspecified atom stereocenters. The number of hydrogen-bond acceptors (Lipinski definition) is 4. The fraction of sp³-hybridized carbons (Fsp3) is 0.381. The summed E-state index contributed by atoms with van der Waals surface area (Å²) in [6.07, 6.45) is 2.88. The Morgan fingerprint density at radius 1 is 1.14 bits per heavy atom. The van der Waals surface area contributed by atoms with Crippen LogP contribution in [0.4, 0.5) is 0 Å². The highest BCUT2D eigenvalue weighted by Crippen LogP contribution is 2.25. The zero-order valence-electron chi connectivity index (χ0n) is 16.3. The molecule has 1 aliphatic heterocycles. The number of carbonyl (C=O) groups excluding carboxylic acids is 1. The molecule has 2 aromatic carbocycles. The van der Waals surface area contributed by atoms with Gasteiger partial charge in [-0.1, -0.05) is 30.2 Å². The van der Waals surface area contributed by atoms with Gasteiger partial charge < -0.3 is 5.32 Å². The molecule has 1 amide bonds. The van der Waals surface area contributed by atoms with Gasteiger partial charge >= 0.3 is 0 Å². The Kier molecular flexibility index (Phi) is 7.62. The second-order valence-corrected chi connectivity index (χ2v) is 10.8. The number of thioether (sulfide) groups is 1. The fourth-order valence-corrected chi connectivity index (χ4v) is 5.78. The van der Waals surface area contributed by atoms with Crippen molar-refractivity contribution in [3.05, 3.63) is 59.1 Å². The van der Waals surface area contributed by atoms with Gasteiger partial charge in [-0.15, -0.1) is 11.8 Å². The summed E-state index contributed by atoms with van der Waals surface area (Å²) in [6.45, 7) is 3.27. The monoisotopic (exact) mass is 452 g/mol. The molecule has 0 saturated carbocycles. The van der Waals surface area contributed by atoms with E-state index in [0.717, 1.165) is 29.7 Å². The van der Waals surface area contributed by atoms with Crippen molar-refractivity contribution in [2.75, 3.05) is 13.1 Å². The summed E-state index contributed by atoms with van der Waals surface area (Å²) in [7, 11) is -3.48. The molecule has 1 saturated heterocycles. The Labute approximate surface area is 181 Å². The van der Waals surface area contributed by atoms with E-state index in [-0.39, 0.29) is 22.6 Å². The van der Waals surface area contributed by atoms with Crippen LogP contribution in [0.2, 0.25) is 5.02 Å². The van der Waals surface area contributed by atoms with Crippen LogP contribution in [0, 0.1) is 0 Å². The lowest BCUT2D eigenvalue weighted by Gasteiger charge is -2.26. The summed E-state index contributed by atoms with van der Waals surface area (Å²) in [5, 5.41) is 3.27. The van der Waals surface area contributed by atoms with E-state index in [1.54, 1.807) is 34.6 Å². The topological polar surface area (TPSA) is 66.5 Å². The number of rotatable bonds is 7. The normalized spacial score (nSPS) is 16.3. The van der Waals surface area contributed by atoms with Crippen molar-refractivity contribution in [2.24, 2.45) is 0 Å². The van der Waals surface area contributed by atoms with E-state index in [9.17, 15) is 13.2 Å². The summed E-state index contributed by atoms with van der Waals surface area (Å²) < 4.78 is 27.2. The Balaban J connectivity index is 1.59. The summed E-state index contributed by atoms with van der Waals surface area (Å²) in [5.74, 6) is -0.103. The van der Waals surface area contributed by atoms with E-state index in [4.69, 9.17) is 11.6 Å². The SMILES string of the molecule is CC(Sc1ccc(Cl)cc1)C(=O)NCc1cccc(S(=O)(=O)N2CCCCC2)c1. The zero-order valence-corrected chi connectivity index (χ0v) is 18.7. The van der Waals surface area contributed by atoms with Gasteiger partial charge in [0, 0.05) is 29.6 Å². The maximum Gasteiger partial charge on any atom is 0.243 e. The highest BCUT2D eigenvalue weighted by molar-refractivity contribution is 8.00. The summed E-state index contributed by atoms with van der Waals surface area (Å²) >= 11 is 7.34. The number of nitrogens with one attached hydrogen (secondary N) is 1. The van der Waals surface area contributed by atoms with Crippen LogP contribution in [-0.4, -0.2) is 37.0 Å². The largest absolute Gasteiger partial charge is 0.351 e. The van der Waals surface area contributed by atoms with Crippen molar-refractivity contribution < 1.29 is 13.2 Å². The lowest BCUT2D eigenvalue weighted by molar-refractivity contribution is -0.120. The van der Waals surface area contributed by atoms with E-state index in [1.807, 2.05) is 25.1 Å². The Morgan fingerprint density at radius 3 is 2.52 bits per heavy atom. The molecule has 8 heteroatoms. The first-order chi connectivity index (χ1) is 13.9. The number of hydrogen-bond donors (Lipinski definition) is 1. The first-order valence-electron chi connectivity index (χ1n) is 9.65. The van der Waals surface area contributed by atoms with Gasteiger partial charge in [0.1, 0.15) is 0 Å². The first kappa shape index (κ1) is 22.2. The average molecular weight is 453 g/mol. The average Bonchev–Trinajstić information content (AvgIpc) is 2.74. The minimum atomic E-state index is -3.48. The zero-order chi connectivity index (χ0) is 20.9. The number of piperidine rings is 1. The van der Waals surface area contributed by atoms with Crippen LogP contribution in [0.25, 0.3) is 0 Å². The highest BCUT2D eigenvalue weighted by Gasteiger charge is 2.26. The third-order valence-corrected chi connectivity index (χ3v) is 8.07. The van der Waals surface area contributed by atoms with Gasteiger partial charge in [0.25, 0.3) is 0 Å². The molecule has 0 radical (unpaired) electrons. The van der Waals surface area contributed by atoms with Crippen LogP contribution >= 0.6 is 23.4 Å². The number of amides is 1. The third kappa shape index (κ3) is 5.98. The van der Waals surface area contributed by atoms with Gasteiger partial charge in [0.05, 0.1) is 10.1 Å². The lowest BCUT2D eigenvalue weighted by Crippen LogP contribution is -2.35. The van der Waals surface area contributed by atoms with Gasteiger partial charge in [-0.25, -0.2) is 8.42 Å². The molecule has 1 atom stereocenters. The number of nitrogens with zero attached hydrogens (tertiary/aromatic N) is 1. The molecule has 5 nitrogen and oxygen atoms in total. The Hall–Kier alpha value is -1.54. The van der Waals surface area contributed by atoms with Crippen LogP contribution < -0.4 is 5.32 Å². The molecule has 0 spiro atoms. The predicted molar refractivity (Wildman–Crippen MR) is 118 cm³/mol. The summed E-state index contributed by atoms with van der Waals surface area (Å²) in [6, 6.07) is 14.2. The lowest BCUT2D eigenvalue weighted by atomic mass is 10.2. The standard InChI is InChI=1S/C21H25ClN2O3S2/c1-16(28-19-10-8-18(22)9-11-19)21(25)23-15-17-6-5-7-20(14-17)29(26,27)24-12-3-2-4-13-24/h5-11,14,16H,2-4,12-13,15H2,1H3,(H,23,25). The van der Waals surface area contributed by atoms with Crippen LogP contribution in [0.5, 0.6) is 0 Å². The predicted octanol–water partition coefficient (Wildman–Crippen LogP) is 4.31. The van der Waals surface area contributed by atoms with Crippen molar-refractivity contribution in [3.63, 3.8) is 0 Å². The van der Waals surface area contributed by atoms with Gasteiger partial charge in [0.2, 0.25) is 15.9 Å². The molecule has 2 aromatic rings. The van der Waals surface area contributed by atoms with Crippen LogP contribution in [0.1, 0.15) is 31.7 Å². The number of sulfonamides is 1. The van der Waals surface area contributed by atoms with Crippen molar-refractivity contribution in [1.82, 2.24) is 9.62 Å². The third-order valence-electron chi connectivity index (χ3n) is 4.81. The first-order valence-corrected chi connectivity index (χ1v) is 12.3. The van der Waals surface area contributed by atoms with Crippen molar-refractivity contribution in [2.45, 2.75) is 47.8 Å². The summed E-state index contributed by atoms with van der Waals surface area (Å²) in [4.78, 5) is 13.7. The number of benzene rings is 2. The van der Waals surface area contributed by atoms with Crippen LogP contribution in [-0.2, 0) is 21.4 Å². The van der Waals surface area contributed by atoms with Crippen LogP contribution in [0.15, 0.2) is 58.3 Å². The molecule has 3 rings (SSSR count). The molecular weight excluding hydrogens is 428 g/mol. The molecule has 1 heterocycles. The van der Waals surface area contributed by atoms with Gasteiger partial charge in [-0.3, -0.25) is 4.79 Å². The molecule has 1 fully saturated rings. The number of halogens is 1. The number of carbonyl (C=O) groups is 1. The van der Waals surface area contributed by atoms with E-state index >= 15 is 0 Å². The van der Waals surface area contributed by atoms with E-state index in [1.165, 1.54) is 11.8 Å².